The summed E-state index contributed by atoms with van der Waals surface area (Å²) < 4.78 is 14.8. The van der Waals surface area contributed by atoms with Gasteiger partial charge >= 0.3 is 0 Å². The smallest absolute Gasteiger partial charge is 0.190 e. The number of ketones is 1. The first-order valence-electron chi connectivity index (χ1n) is 7.06. The van der Waals surface area contributed by atoms with E-state index in [0.717, 1.165) is 23.2 Å². The summed E-state index contributed by atoms with van der Waals surface area (Å²) in [4.78, 5) is 12.0. The van der Waals surface area contributed by atoms with Crippen molar-refractivity contribution < 1.29 is 9.18 Å². The Kier molecular flexibility index (Phi) is 8.22. The Morgan fingerprint density at radius 3 is 2.65 bits per heavy atom. The number of Topliss-reactive ketones (excluding diaryl/α,β-unsaturated/α-hetero) is 1. The van der Waals surface area contributed by atoms with E-state index in [9.17, 15) is 9.18 Å². The molecule has 0 aliphatic carbocycles. The van der Waals surface area contributed by atoms with Crippen molar-refractivity contribution in [1.82, 2.24) is 20.1 Å². The van der Waals surface area contributed by atoms with E-state index in [1.807, 2.05) is 18.7 Å². The van der Waals surface area contributed by atoms with Gasteiger partial charge in [0.15, 0.2) is 10.9 Å². The van der Waals surface area contributed by atoms with Crippen LogP contribution in [0.2, 0.25) is 0 Å². The second-order valence-corrected chi connectivity index (χ2v) is 5.93. The van der Waals surface area contributed by atoms with Gasteiger partial charge in [0.1, 0.15) is 11.6 Å². The Balaban J connectivity index is 0.00000264. The van der Waals surface area contributed by atoms with Crippen molar-refractivity contribution in [2.24, 2.45) is 7.05 Å². The van der Waals surface area contributed by atoms with Crippen molar-refractivity contribution in [3.8, 4) is 0 Å². The monoisotopic (exact) mass is 358 g/mol. The van der Waals surface area contributed by atoms with Gasteiger partial charge in [-0.1, -0.05) is 11.8 Å². The maximum Gasteiger partial charge on any atom is 0.190 e. The van der Waals surface area contributed by atoms with Crippen LogP contribution < -0.4 is 5.32 Å². The zero-order valence-corrected chi connectivity index (χ0v) is 14.7. The number of carbonyl (C=O) groups excluding carboxylic acids is 1. The molecule has 2 rings (SSSR count). The van der Waals surface area contributed by atoms with Crippen LogP contribution in [0.3, 0.4) is 0 Å². The molecule has 1 aromatic carbocycles. The molecule has 0 atom stereocenters. The van der Waals surface area contributed by atoms with Gasteiger partial charge in [-0.25, -0.2) is 4.39 Å². The molecule has 126 valence electrons. The lowest BCUT2D eigenvalue weighted by atomic mass is 10.1. The Hall–Kier alpha value is -1.44. The summed E-state index contributed by atoms with van der Waals surface area (Å²) in [5, 5.41) is 12.1. The molecule has 0 unspecified atom stereocenters. The van der Waals surface area contributed by atoms with Crippen LogP contribution in [0.25, 0.3) is 0 Å². The SMILES string of the molecule is CNCc1nnc(SCCCC(=O)c2ccc(F)cc2)n1C.Cl. The fraction of sp³-hybridized carbons (Fsp3) is 0.400. The number of nitrogens with zero attached hydrogens (tertiary/aromatic N) is 3. The molecule has 0 aliphatic rings. The van der Waals surface area contributed by atoms with Crippen LogP contribution in [0.4, 0.5) is 4.39 Å². The summed E-state index contributed by atoms with van der Waals surface area (Å²) in [6.45, 7) is 0.674. The van der Waals surface area contributed by atoms with Crippen LogP contribution >= 0.6 is 24.2 Å². The number of rotatable bonds is 8. The molecule has 8 heteroatoms. The van der Waals surface area contributed by atoms with Gasteiger partial charge < -0.3 is 9.88 Å². The van der Waals surface area contributed by atoms with Crippen molar-refractivity contribution >= 4 is 30.0 Å². The van der Waals surface area contributed by atoms with Crippen molar-refractivity contribution in [3.05, 3.63) is 41.5 Å². The minimum Gasteiger partial charge on any atom is -0.313 e. The van der Waals surface area contributed by atoms with Gasteiger partial charge in [0.25, 0.3) is 0 Å². The van der Waals surface area contributed by atoms with E-state index in [1.165, 1.54) is 24.3 Å². The number of aromatic nitrogens is 3. The van der Waals surface area contributed by atoms with Crippen LogP contribution in [0.1, 0.15) is 29.0 Å². The highest BCUT2D eigenvalue weighted by molar-refractivity contribution is 7.99. The summed E-state index contributed by atoms with van der Waals surface area (Å²) in [6.07, 6.45) is 1.19. The second kappa shape index (κ2) is 9.64. The molecule has 0 fully saturated rings. The van der Waals surface area contributed by atoms with Gasteiger partial charge in [0.2, 0.25) is 0 Å². The highest BCUT2D eigenvalue weighted by Gasteiger charge is 2.09. The van der Waals surface area contributed by atoms with E-state index in [4.69, 9.17) is 0 Å². The summed E-state index contributed by atoms with van der Waals surface area (Å²) >= 11 is 1.58. The van der Waals surface area contributed by atoms with Crippen LogP contribution in [0.15, 0.2) is 29.4 Å². The van der Waals surface area contributed by atoms with Crippen LogP contribution in [0.5, 0.6) is 0 Å². The zero-order valence-electron chi connectivity index (χ0n) is 13.1. The maximum absolute atomic E-state index is 12.8. The number of thioether (sulfide) groups is 1. The summed E-state index contributed by atoms with van der Waals surface area (Å²) in [6, 6.07) is 5.67. The van der Waals surface area contributed by atoms with Crippen molar-refractivity contribution in [2.75, 3.05) is 12.8 Å². The Morgan fingerprint density at radius 2 is 2.00 bits per heavy atom. The maximum atomic E-state index is 12.8. The van der Waals surface area contributed by atoms with Crippen molar-refractivity contribution in [1.29, 1.82) is 0 Å². The molecular formula is C15H20ClFN4OS. The largest absolute Gasteiger partial charge is 0.313 e. The highest BCUT2D eigenvalue weighted by Crippen LogP contribution is 2.18. The molecule has 0 radical (unpaired) electrons. The molecule has 1 N–H and O–H groups in total. The molecule has 0 amide bonds. The predicted molar refractivity (Wildman–Crippen MR) is 91.7 cm³/mol. The second-order valence-electron chi connectivity index (χ2n) is 4.87. The lowest BCUT2D eigenvalue weighted by Crippen LogP contribution is -2.10. The fourth-order valence-corrected chi connectivity index (χ4v) is 2.83. The zero-order chi connectivity index (χ0) is 15.9. The molecule has 0 saturated heterocycles. The third kappa shape index (κ3) is 5.60. The third-order valence-electron chi connectivity index (χ3n) is 3.21. The highest BCUT2D eigenvalue weighted by atomic mass is 35.5. The first-order chi connectivity index (χ1) is 10.6. The third-order valence-corrected chi connectivity index (χ3v) is 4.31. The molecule has 0 spiro atoms. The number of benzene rings is 1. The van der Waals surface area contributed by atoms with E-state index >= 15 is 0 Å². The molecule has 0 bridgehead atoms. The minimum atomic E-state index is -0.327. The van der Waals surface area contributed by atoms with Gasteiger partial charge in [0.05, 0.1) is 6.54 Å². The molecule has 23 heavy (non-hydrogen) atoms. The summed E-state index contributed by atoms with van der Waals surface area (Å²) in [5.74, 6) is 1.38. The number of carbonyl (C=O) groups is 1. The van der Waals surface area contributed by atoms with Crippen molar-refractivity contribution in [3.63, 3.8) is 0 Å². The van der Waals surface area contributed by atoms with Crippen molar-refractivity contribution in [2.45, 2.75) is 24.5 Å². The van der Waals surface area contributed by atoms with E-state index in [1.54, 1.807) is 11.8 Å². The number of hydrogen-bond donors (Lipinski definition) is 1. The predicted octanol–water partition coefficient (Wildman–Crippen LogP) is 2.85. The molecule has 1 heterocycles. The van der Waals surface area contributed by atoms with E-state index in [-0.39, 0.29) is 24.0 Å². The Bertz CT molecular complexity index is 633. The molecule has 0 aliphatic heterocycles. The van der Waals surface area contributed by atoms with E-state index in [0.29, 0.717) is 18.5 Å². The quantitative estimate of drug-likeness (QED) is 0.446. The van der Waals surface area contributed by atoms with Gasteiger partial charge in [-0.05, 0) is 37.7 Å². The van der Waals surface area contributed by atoms with Gasteiger partial charge in [0, 0.05) is 24.8 Å². The first kappa shape index (κ1) is 19.6. The molecule has 5 nitrogen and oxygen atoms in total. The lowest BCUT2D eigenvalue weighted by Gasteiger charge is -2.03. The summed E-state index contributed by atoms with van der Waals surface area (Å²) in [7, 11) is 3.79. The molecule has 0 saturated carbocycles. The molecule has 2 aromatic rings. The topological polar surface area (TPSA) is 59.8 Å². The van der Waals surface area contributed by atoms with Gasteiger partial charge in [-0.3, -0.25) is 4.79 Å². The van der Waals surface area contributed by atoms with Crippen LogP contribution in [-0.2, 0) is 13.6 Å². The number of hydrogen-bond acceptors (Lipinski definition) is 5. The van der Waals surface area contributed by atoms with Crippen LogP contribution in [-0.4, -0.2) is 33.3 Å². The Morgan fingerprint density at radius 1 is 1.30 bits per heavy atom. The van der Waals surface area contributed by atoms with Gasteiger partial charge in [-0.15, -0.1) is 22.6 Å². The molecule has 1 aromatic heterocycles. The first-order valence-corrected chi connectivity index (χ1v) is 8.05. The minimum absolute atomic E-state index is 0. The average Bonchev–Trinajstić information content (AvgIpc) is 2.85. The van der Waals surface area contributed by atoms with E-state index in [2.05, 4.69) is 15.5 Å². The lowest BCUT2D eigenvalue weighted by molar-refractivity contribution is 0.0982. The van der Waals surface area contributed by atoms with Crippen LogP contribution in [0, 0.1) is 5.82 Å². The van der Waals surface area contributed by atoms with E-state index < -0.39 is 0 Å². The summed E-state index contributed by atoms with van der Waals surface area (Å²) in [5.41, 5.74) is 0.557. The number of nitrogens with one attached hydrogen (secondary N) is 1. The standard InChI is InChI=1S/C15H19FN4OS.ClH/c1-17-10-14-18-19-15(20(14)2)22-9-3-4-13(21)11-5-7-12(16)8-6-11;/h5-8,17H,3-4,9-10H2,1-2H3;1H. The fourth-order valence-electron chi connectivity index (χ4n) is 1.96. The normalized spacial score (nSPS) is 10.4. The Labute approximate surface area is 145 Å². The molecular weight excluding hydrogens is 339 g/mol. The number of halogens is 2. The average molecular weight is 359 g/mol. The van der Waals surface area contributed by atoms with Gasteiger partial charge in [-0.2, -0.15) is 0 Å².